The Morgan fingerprint density at radius 2 is 1.01 bits per heavy atom. The van der Waals surface area contributed by atoms with Gasteiger partial charge in [0.1, 0.15) is 23.7 Å². The molecule has 0 aliphatic carbocycles. The Morgan fingerprint density at radius 1 is 0.625 bits per heavy atom. The van der Waals surface area contributed by atoms with Gasteiger partial charge in [-0.05, 0) is 96.2 Å². The van der Waals surface area contributed by atoms with Gasteiger partial charge in [-0.15, -0.1) is 0 Å². The van der Waals surface area contributed by atoms with Gasteiger partial charge in [0.15, 0.2) is 0 Å². The molecule has 2 aliphatic rings. The topological polar surface area (TPSA) is 214 Å². The predicted molar refractivity (Wildman–Crippen MR) is 261 cm³/mol. The molecule has 72 heavy (non-hydrogen) atoms. The fourth-order valence-electron chi connectivity index (χ4n) is 9.41. The molecule has 1 unspecified atom stereocenters. The number of nitrogens with zero attached hydrogens (tertiary/aromatic N) is 5. The minimum absolute atomic E-state index is 0.187. The number of halogens is 3. The Labute approximate surface area is 414 Å². The molecule has 5 heterocycles. The van der Waals surface area contributed by atoms with E-state index in [2.05, 4.69) is 30.6 Å². The second-order valence-corrected chi connectivity index (χ2v) is 20.4. The fraction of sp³-hybridized carbons (Fsp3) is 0.373. The molecule has 2 saturated heterocycles. The largest absolute Gasteiger partial charge is 0.501 e. The summed E-state index contributed by atoms with van der Waals surface area (Å²) in [7, 11) is -3.11. The van der Waals surface area contributed by atoms with E-state index in [0.717, 1.165) is 47.2 Å². The number of aromatic amines is 2. The Balaban J connectivity index is 1.07. The molecular weight excluding hydrogens is 956 g/mol. The van der Waals surface area contributed by atoms with E-state index in [0.29, 0.717) is 66.0 Å². The van der Waals surface area contributed by atoms with Crippen LogP contribution in [0.3, 0.4) is 0 Å². The molecule has 3 aromatic carbocycles. The molecule has 2 aliphatic heterocycles. The number of carbonyl (C=O) groups is 4. The summed E-state index contributed by atoms with van der Waals surface area (Å²) in [5.74, 6) is 0.385. The van der Waals surface area contributed by atoms with Crippen LogP contribution in [0, 0.1) is 11.8 Å². The summed E-state index contributed by atoms with van der Waals surface area (Å²) in [5.41, 5.74) is 0.718. The van der Waals surface area contributed by atoms with Gasteiger partial charge < -0.3 is 44.4 Å². The van der Waals surface area contributed by atoms with Crippen molar-refractivity contribution in [1.29, 1.82) is 0 Å². The average molecular weight is 1010 g/mol. The Bertz CT molecular complexity index is 2880. The SMILES string of the molecule is COC(=O)NC(C(=O)N1CCC[C@H]1c1ncc(-c2ccc(-c3ccc(-c4ccc(-c5cnc([C@@H]6CCCN6C(=O)[C@@H](NC(=O)OC)C(C)C)[nH]5)cc4)n3-c3ccc(S(=O)(=O)C(F)(F)F)cc3)cc2)[nH]1)C(C)C. The van der Waals surface area contributed by atoms with Gasteiger partial charge in [0.2, 0.25) is 11.8 Å². The van der Waals surface area contributed by atoms with Gasteiger partial charge in [-0.25, -0.2) is 28.0 Å². The van der Waals surface area contributed by atoms with Crippen molar-refractivity contribution in [2.75, 3.05) is 27.3 Å². The smallest absolute Gasteiger partial charge is 0.453 e. The zero-order valence-corrected chi connectivity index (χ0v) is 41.3. The first-order valence-corrected chi connectivity index (χ1v) is 25.0. The lowest BCUT2D eigenvalue weighted by molar-refractivity contribution is -0.136. The zero-order chi connectivity index (χ0) is 51.6. The van der Waals surface area contributed by atoms with Gasteiger partial charge in [0.25, 0.3) is 9.84 Å². The number of methoxy groups -OCH3 is 2. The van der Waals surface area contributed by atoms with Gasteiger partial charge in [-0.3, -0.25) is 9.59 Å². The maximum atomic E-state index is 13.7. The third-order valence-electron chi connectivity index (χ3n) is 13.3. The summed E-state index contributed by atoms with van der Waals surface area (Å²) >= 11 is 0. The van der Waals surface area contributed by atoms with Crippen LogP contribution >= 0.6 is 0 Å². The molecule has 8 rings (SSSR count). The van der Waals surface area contributed by atoms with Crippen molar-refractivity contribution in [3.63, 3.8) is 0 Å². The molecule has 0 spiro atoms. The van der Waals surface area contributed by atoms with Crippen LogP contribution in [0.4, 0.5) is 22.8 Å². The number of likely N-dealkylation sites (tertiary alicyclic amines) is 2. The van der Waals surface area contributed by atoms with E-state index in [9.17, 15) is 40.8 Å². The molecule has 21 heteroatoms. The van der Waals surface area contributed by atoms with E-state index in [-0.39, 0.29) is 35.7 Å². The number of ether oxygens (including phenoxy) is 2. The Morgan fingerprint density at radius 3 is 1.38 bits per heavy atom. The lowest BCUT2D eigenvalue weighted by Gasteiger charge is -2.30. The van der Waals surface area contributed by atoms with Gasteiger partial charge >= 0.3 is 17.7 Å². The molecule has 4 amide bonds. The van der Waals surface area contributed by atoms with Crippen LogP contribution in [0.1, 0.15) is 77.1 Å². The molecule has 17 nitrogen and oxygen atoms in total. The molecule has 0 bridgehead atoms. The standard InChI is InChI=1S/C51H56F3N9O8S/c1-29(2)43(59-49(66)70-5)47(64)61-25-7-9-41(61)45-55-27-37(57-45)31-11-15-33(16-12-31)39-23-24-40(63(39)35-19-21-36(22-20-35)72(68,69)51(52,53)54)34-17-13-32(14-18-34)38-28-56-46(58-38)42-10-8-26-62(42)48(65)44(30(3)4)60-50(67)71-6/h11-24,27-30,41-44H,7-10,25-26H2,1-6H3,(H,55,57)(H,56,58)(H,59,66)(H,60,67)/t41-,42-,43-,44?/m0/s1. The number of sulfone groups is 1. The van der Waals surface area contributed by atoms with Gasteiger partial charge in [-0.1, -0.05) is 76.2 Å². The zero-order valence-electron chi connectivity index (χ0n) is 40.5. The number of rotatable bonds is 14. The van der Waals surface area contributed by atoms with Crippen LogP contribution < -0.4 is 10.6 Å². The summed E-state index contributed by atoms with van der Waals surface area (Å²) in [5, 5.41) is 5.32. The third-order valence-corrected chi connectivity index (χ3v) is 14.8. The van der Waals surface area contributed by atoms with Crippen molar-refractivity contribution in [3.8, 4) is 50.7 Å². The molecule has 4 N–H and O–H groups in total. The van der Waals surface area contributed by atoms with E-state index in [4.69, 9.17) is 9.47 Å². The summed E-state index contributed by atoms with van der Waals surface area (Å²) in [6, 6.07) is 21.2. The summed E-state index contributed by atoms with van der Waals surface area (Å²) in [6.45, 7) is 8.40. The van der Waals surface area contributed by atoms with Crippen LogP contribution in [0.15, 0.2) is 102 Å². The van der Waals surface area contributed by atoms with Gasteiger partial charge in [0, 0.05) is 18.8 Å². The van der Waals surface area contributed by atoms with Crippen molar-refractivity contribution >= 4 is 33.8 Å². The highest BCUT2D eigenvalue weighted by molar-refractivity contribution is 7.92. The average Bonchev–Trinajstić information content (AvgIpc) is 4.24. The molecule has 2 fully saturated rings. The van der Waals surface area contributed by atoms with Crippen LogP contribution in [0.2, 0.25) is 0 Å². The molecule has 380 valence electrons. The maximum Gasteiger partial charge on any atom is 0.501 e. The molecular formula is C51H56F3N9O8S. The van der Waals surface area contributed by atoms with Crippen LogP contribution in [0.25, 0.3) is 50.7 Å². The number of alkyl halides is 3. The van der Waals surface area contributed by atoms with Crippen molar-refractivity contribution in [2.24, 2.45) is 11.8 Å². The number of benzene rings is 3. The van der Waals surface area contributed by atoms with Crippen molar-refractivity contribution in [1.82, 2.24) is 44.9 Å². The minimum Gasteiger partial charge on any atom is -0.453 e. The van der Waals surface area contributed by atoms with Crippen LogP contribution in [-0.2, 0) is 28.9 Å². The number of alkyl carbamates (subject to hydrolysis) is 2. The number of hydrogen-bond donors (Lipinski definition) is 4. The van der Waals surface area contributed by atoms with Gasteiger partial charge in [-0.2, -0.15) is 13.2 Å². The van der Waals surface area contributed by atoms with Gasteiger partial charge in [0.05, 0.1) is 66.4 Å². The first kappa shape index (κ1) is 51.0. The van der Waals surface area contributed by atoms with Crippen LogP contribution in [-0.4, -0.2) is 112 Å². The Hall–Kier alpha value is -7.42. The summed E-state index contributed by atoms with van der Waals surface area (Å²) < 4.78 is 76.8. The number of H-pyrrole nitrogens is 2. The molecule has 3 aromatic heterocycles. The Kier molecular flexibility index (Phi) is 14.7. The van der Waals surface area contributed by atoms with Crippen LogP contribution in [0.5, 0.6) is 0 Å². The highest BCUT2D eigenvalue weighted by atomic mass is 32.2. The number of carbonyl (C=O) groups excluding carboxylic acids is 4. The fourth-order valence-corrected chi connectivity index (χ4v) is 10.2. The lowest BCUT2D eigenvalue weighted by atomic mass is 10.0. The molecule has 4 atom stereocenters. The summed E-state index contributed by atoms with van der Waals surface area (Å²) in [4.78, 5) is 70.2. The number of aromatic nitrogens is 5. The normalized spacial score (nSPS) is 17.0. The third kappa shape index (κ3) is 10.2. The second-order valence-electron chi connectivity index (χ2n) is 18.5. The van der Waals surface area contributed by atoms with E-state index in [1.807, 2.05) is 92.9 Å². The van der Waals surface area contributed by atoms with Crippen molar-refractivity contribution < 1.29 is 50.2 Å². The van der Waals surface area contributed by atoms with Crippen molar-refractivity contribution in [3.05, 3.63) is 109 Å². The van der Waals surface area contributed by atoms with Crippen molar-refractivity contribution in [2.45, 2.75) is 87.9 Å². The quantitative estimate of drug-likeness (QED) is 0.0813. The molecule has 0 radical (unpaired) electrons. The van der Waals surface area contributed by atoms with E-state index in [1.54, 1.807) is 22.2 Å². The number of imidazole rings is 2. The first-order valence-electron chi connectivity index (χ1n) is 23.6. The first-order chi connectivity index (χ1) is 34.3. The van der Waals surface area contributed by atoms with E-state index < -0.39 is 44.5 Å². The lowest BCUT2D eigenvalue weighted by Crippen LogP contribution is -2.51. The second kappa shape index (κ2) is 20.7. The van der Waals surface area contributed by atoms with E-state index >= 15 is 0 Å². The summed E-state index contributed by atoms with van der Waals surface area (Å²) in [6.07, 6.45) is 4.89. The highest BCUT2D eigenvalue weighted by Crippen LogP contribution is 2.38. The minimum atomic E-state index is -5.60. The number of nitrogens with one attached hydrogen (secondary N) is 4. The molecule has 0 saturated carbocycles. The maximum absolute atomic E-state index is 13.7. The van der Waals surface area contributed by atoms with E-state index in [1.165, 1.54) is 26.4 Å². The number of hydrogen-bond acceptors (Lipinski definition) is 10. The monoisotopic (exact) mass is 1010 g/mol. The molecule has 6 aromatic rings. The predicted octanol–water partition coefficient (Wildman–Crippen LogP) is 8.97. The number of amides is 4. The highest BCUT2D eigenvalue weighted by Gasteiger charge is 2.47.